The fraction of sp³-hybridized carbons (Fsp3) is 0.364. The van der Waals surface area contributed by atoms with Crippen molar-refractivity contribution >= 4 is 6.29 Å². The van der Waals surface area contributed by atoms with Gasteiger partial charge < -0.3 is 9.53 Å². The van der Waals surface area contributed by atoms with Crippen LogP contribution in [0, 0.1) is 5.82 Å². The zero-order valence-electron chi connectivity index (χ0n) is 8.13. The Labute approximate surface area is 82.7 Å². The summed E-state index contributed by atoms with van der Waals surface area (Å²) in [7, 11) is 0. The van der Waals surface area contributed by atoms with Crippen molar-refractivity contribution in [2.24, 2.45) is 0 Å². The van der Waals surface area contributed by atoms with Crippen LogP contribution in [-0.2, 0) is 11.2 Å². The molecule has 0 aliphatic rings. The van der Waals surface area contributed by atoms with Gasteiger partial charge in [0, 0.05) is 12.5 Å². The Balaban J connectivity index is 2.73. The fourth-order valence-electron chi connectivity index (χ4n) is 1.20. The van der Waals surface area contributed by atoms with E-state index >= 15 is 0 Å². The molecule has 0 N–H and O–H groups in total. The van der Waals surface area contributed by atoms with Crippen molar-refractivity contribution in [3.8, 4) is 5.75 Å². The van der Waals surface area contributed by atoms with Crippen LogP contribution in [0.1, 0.15) is 18.9 Å². The maximum absolute atomic E-state index is 13.3. The van der Waals surface area contributed by atoms with E-state index in [2.05, 4.69) is 0 Å². The zero-order valence-corrected chi connectivity index (χ0v) is 8.13. The van der Waals surface area contributed by atoms with Crippen LogP contribution in [0.5, 0.6) is 5.75 Å². The Morgan fingerprint density at radius 3 is 2.86 bits per heavy atom. The van der Waals surface area contributed by atoms with Crippen LogP contribution in [0.3, 0.4) is 0 Å². The van der Waals surface area contributed by atoms with Crippen molar-refractivity contribution in [2.45, 2.75) is 19.8 Å². The predicted molar refractivity (Wildman–Crippen MR) is 52.0 cm³/mol. The van der Waals surface area contributed by atoms with Gasteiger partial charge in [0.05, 0.1) is 6.61 Å². The molecule has 0 heterocycles. The molecule has 1 aromatic carbocycles. The van der Waals surface area contributed by atoms with E-state index in [-0.39, 0.29) is 5.82 Å². The molecular formula is C11H13FO2. The molecule has 0 saturated heterocycles. The molecule has 2 nitrogen and oxygen atoms in total. The van der Waals surface area contributed by atoms with Gasteiger partial charge in [-0.05, 0) is 25.0 Å². The van der Waals surface area contributed by atoms with E-state index in [0.29, 0.717) is 30.8 Å². The van der Waals surface area contributed by atoms with Gasteiger partial charge in [0.1, 0.15) is 17.9 Å². The minimum Gasteiger partial charge on any atom is -0.494 e. The van der Waals surface area contributed by atoms with Crippen LogP contribution in [0.25, 0.3) is 0 Å². The summed E-state index contributed by atoms with van der Waals surface area (Å²) in [4.78, 5) is 10.1. The minimum absolute atomic E-state index is 0.308. The molecule has 0 atom stereocenters. The Morgan fingerprint density at radius 2 is 2.29 bits per heavy atom. The number of halogens is 1. The Morgan fingerprint density at radius 1 is 1.50 bits per heavy atom. The van der Waals surface area contributed by atoms with Gasteiger partial charge in [-0.3, -0.25) is 0 Å². The number of carbonyl (C=O) groups is 1. The number of hydrogen-bond acceptors (Lipinski definition) is 2. The molecule has 14 heavy (non-hydrogen) atoms. The van der Waals surface area contributed by atoms with Crippen LogP contribution in [-0.4, -0.2) is 12.9 Å². The van der Waals surface area contributed by atoms with Crippen molar-refractivity contribution in [1.29, 1.82) is 0 Å². The lowest BCUT2D eigenvalue weighted by Crippen LogP contribution is -1.95. The van der Waals surface area contributed by atoms with E-state index in [1.54, 1.807) is 12.1 Å². The third kappa shape index (κ3) is 2.83. The summed E-state index contributed by atoms with van der Waals surface area (Å²) >= 11 is 0. The quantitative estimate of drug-likeness (QED) is 0.676. The third-order valence-electron chi connectivity index (χ3n) is 1.87. The summed E-state index contributed by atoms with van der Waals surface area (Å²) in [5.74, 6) is 0.220. The van der Waals surface area contributed by atoms with Crippen molar-refractivity contribution in [1.82, 2.24) is 0 Å². The topological polar surface area (TPSA) is 26.3 Å². The first kappa shape index (κ1) is 10.7. The average molecular weight is 196 g/mol. The van der Waals surface area contributed by atoms with Gasteiger partial charge in [0.25, 0.3) is 0 Å². The van der Waals surface area contributed by atoms with Gasteiger partial charge in [-0.15, -0.1) is 0 Å². The summed E-state index contributed by atoms with van der Waals surface area (Å²) < 4.78 is 18.4. The molecule has 0 fully saturated rings. The zero-order chi connectivity index (χ0) is 10.4. The maximum atomic E-state index is 13.3. The number of carbonyl (C=O) groups excluding carboxylic acids is 1. The molecule has 0 radical (unpaired) electrons. The SMILES string of the molecule is CCOc1ccc(CCC=O)c(F)c1. The lowest BCUT2D eigenvalue weighted by molar-refractivity contribution is -0.107. The van der Waals surface area contributed by atoms with E-state index in [1.807, 2.05) is 6.92 Å². The van der Waals surface area contributed by atoms with Gasteiger partial charge in [0.2, 0.25) is 0 Å². The van der Waals surface area contributed by atoms with Crippen molar-refractivity contribution in [3.05, 3.63) is 29.6 Å². The van der Waals surface area contributed by atoms with E-state index in [1.165, 1.54) is 6.07 Å². The lowest BCUT2D eigenvalue weighted by atomic mass is 10.1. The van der Waals surface area contributed by atoms with Crippen LogP contribution in [0.4, 0.5) is 4.39 Å². The Bertz CT molecular complexity index is 310. The largest absolute Gasteiger partial charge is 0.494 e. The Kier molecular flexibility index (Phi) is 4.11. The van der Waals surface area contributed by atoms with E-state index in [9.17, 15) is 9.18 Å². The summed E-state index contributed by atoms with van der Waals surface area (Å²) in [6.07, 6.45) is 1.59. The van der Waals surface area contributed by atoms with Crippen molar-refractivity contribution < 1.29 is 13.9 Å². The van der Waals surface area contributed by atoms with Crippen LogP contribution in [0.2, 0.25) is 0 Å². The molecule has 1 aromatic rings. The summed E-state index contributed by atoms with van der Waals surface area (Å²) in [6, 6.07) is 4.72. The first-order valence-electron chi connectivity index (χ1n) is 4.62. The first-order chi connectivity index (χ1) is 6.77. The standard InChI is InChI=1S/C11H13FO2/c1-2-14-10-6-5-9(4-3-7-13)11(12)8-10/h5-8H,2-4H2,1H3. The summed E-state index contributed by atoms with van der Waals surface area (Å²) in [6.45, 7) is 2.37. The second kappa shape index (κ2) is 5.37. The number of hydrogen-bond donors (Lipinski definition) is 0. The van der Waals surface area contributed by atoms with Gasteiger partial charge in [-0.25, -0.2) is 4.39 Å². The van der Waals surface area contributed by atoms with E-state index in [4.69, 9.17) is 4.74 Å². The average Bonchev–Trinajstić information content (AvgIpc) is 2.17. The molecule has 0 aliphatic heterocycles. The van der Waals surface area contributed by atoms with Crippen LogP contribution >= 0.6 is 0 Å². The normalized spacial score (nSPS) is 9.86. The lowest BCUT2D eigenvalue weighted by Gasteiger charge is -2.05. The van der Waals surface area contributed by atoms with Gasteiger partial charge in [0.15, 0.2) is 0 Å². The van der Waals surface area contributed by atoms with E-state index < -0.39 is 0 Å². The smallest absolute Gasteiger partial charge is 0.130 e. The molecule has 0 spiro atoms. The molecule has 0 bridgehead atoms. The van der Waals surface area contributed by atoms with Crippen molar-refractivity contribution in [2.75, 3.05) is 6.61 Å². The van der Waals surface area contributed by atoms with Crippen LogP contribution in [0.15, 0.2) is 18.2 Å². The van der Waals surface area contributed by atoms with Gasteiger partial charge in [-0.1, -0.05) is 6.07 Å². The highest BCUT2D eigenvalue weighted by atomic mass is 19.1. The van der Waals surface area contributed by atoms with E-state index in [0.717, 1.165) is 6.29 Å². The molecule has 0 aliphatic carbocycles. The number of aryl methyl sites for hydroxylation is 1. The molecule has 3 heteroatoms. The third-order valence-corrected chi connectivity index (χ3v) is 1.87. The van der Waals surface area contributed by atoms with Crippen molar-refractivity contribution in [3.63, 3.8) is 0 Å². The van der Waals surface area contributed by atoms with Gasteiger partial charge in [-0.2, -0.15) is 0 Å². The molecule has 0 amide bonds. The number of rotatable bonds is 5. The second-order valence-electron chi connectivity index (χ2n) is 2.89. The molecule has 0 saturated carbocycles. The molecule has 0 unspecified atom stereocenters. The molecular weight excluding hydrogens is 183 g/mol. The number of aldehydes is 1. The molecule has 0 aromatic heterocycles. The van der Waals surface area contributed by atoms with Gasteiger partial charge >= 0.3 is 0 Å². The minimum atomic E-state index is -0.308. The van der Waals surface area contributed by atoms with Crippen LogP contribution < -0.4 is 4.74 Å². The predicted octanol–water partition coefficient (Wildman–Crippen LogP) is 2.36. The summed E-state index contributed by atoms with van der Waals surface area (Å²) in [5.41, 5.74) is 0.556. The highest BCUT2D eigenvalue weighted by Gasteiger charge is 2.03. The molecule has 76 valence electrons. The fourth-order valence-corrected chi connectivity index (χ4v) is 1.20. The monoisotopic (exact) mass is 196 g/mol. The highest BCUT2D eigenvalue weighted by molar-refractivity contribution is 5.50. The number of ether oxygens (including phenoxy) is 1. The summed E-state index contributed by atoms with van der Waals surface area (Å²) in [5, 5.41) is 0. The highest BCUT2D eigenvalue weighted by Crippen LogP contribution is 2.17. The number of benzene rings is 1. The Hall–Kier alpha value is -1.38. The first-order valence-corrected chi connectivity index (χ1v) is 4.62. The maximum Gasteiger partial charge on any atom is 0.130 e. The second-order valence-corrected chi connectivity index (χ2v) is 2.89. The molecule has 1 rings (SSSR count).